The summed E-state index contributed by atoms with van der Waals surface area (Å²) in [5.74, 6) is -0.224. The van der Waals surface area contributed by atoms with Crippen LogP contribution in [0.4, 0.5) is 0 Å². The number of hydrogen-bond donors (Lipinski definition) is 1. The summed E-state index contributed by atoms with van der Waals surface area (Å²) in [5, 5.41) is 5.24. The Morgan fingerprint density at radius 2 is 2.23 bits per heavy atom. The number of carbonyl (C=O) groups is 2. The largest absolute Gasteiger partial charge is 0.352 e. The van der Waals surface area contributed by atoms with E-state index >= 15 is 0 Å². The van der Waals surface area contributed by atoms with Gasteiger partial charge in [-0.1, -0.05) is 6.07 Å². The Bertz CT molecular complexity index is 803. The number of pyridine rings is 1. The summed E-state index contributed by atoms with van der Waals surface area (Å²) in [4.78, 5) is 32.1. The Morgan fingerprint density at radius 1 is 1.35 bits per heavy atom. The van der Waals surface area contributed by atoms with Crippen molar-refractivity contribution >= 4 is 23.2 Å². The molecular formula is C20H23N3O2S. The average molecular weight is 369 g/mol. The topological polar surface area (TPSA) is 62.3 Å². The number of thiophene rings is 1. The van der Waals surface area contributed by atoms with Gasteiger partial charge in [0.25, 0.3) is 0 Å². The standard InChI is InChI=1S/C20H23N3O2S/c24-19-8-15(12-23(19)11-14-4-3-7-21-9-14)20(25)22-10-16-13-26-18-6-2-1-5-17(16)18/h3-4,7,9,13,15H,1-2,5-6,8,10-12H2,(H,22,25). The second-order valence-corrected chi connectivity index (χ2v) is 8.09. The highest BCUT2D eigenvalue weighted by Gasteiger charge is 2.34. The molecule has 2 aromatic heterocycles. The first-order valence-electron chi connectivity index (χ1n) is 9.23. The SMILES string of the molecule is O=C(NCc1csc2c1CCCC2)C1CC(=O)N(Cc2cccnc2)C1. The molecule has 2 aliphatic rings. The van der Waals surface area contributed by atoms with E-state index in [4.69, 9.17) is 0 Å². The molecule has 0 spiro atoms. The normalized spacial score (nSPS) is 19.5. The van der Waals surface area contributed by atoms with Gasteiger partial charge in [-0.2, -0.15) is 0 Å². The summed E-state index contributed by atoms with van der Waals surface area (Å²) in [6, 6.07) is 3.81. The van der Waals surface area contributed by atoms with Crippen LogP contribution in [-0.4, -0.2) is 28.2 Å². The lowest BCUT2D eigenvalue weighted by molar-refractivity contribution is -0.129. The van der Waals surface area contributed by atoms with E-state index in [1.54, 1.807) is 17.3 Å². The highest BCUT2D eigenvalue weighted by atomic mass is 32.1. The van der Waals surface area contributed by atoms with Crippen molar-refractivity contribution < 1.29 is 9.59 Å². The smallest absolute Gasteiger partial charge is 0.225 e. The van der Waals surface area contributed by atoms with Gasteiger partial charge in [-0.05, 0) is 53.8 Å². The van der Waals surface area contributed by atoms with Gasteiger partial charge < -0.3 is 10.2 Å². The maximum Gasteiger partial charge on any atom is 0.225 e. The number of aryl methyl sites for hydroxylation is 1. The zero-order valence-electron chi connectivity index (χ0n) is 14.7. The minimum atomic E-state index is -0.256. The number of nitrogens with one attached hydrogen (secondary N) is 1. The van der Waals surface area contributed by atoms with Gasteiger partial charge >= 0.3 is 0 Å². The molecule has 136 valence electrons. The number of aromatic nitrogens is 1. The Hall–Kier alpha value is -2.21. The Balaban J connectivity index is 1.33. The lowest BCUT2D eigenvalue weighted by Crippen LogP contribution is -2.32. The summed E-state index contributed by atoms with van der Waals surface area (Å²) < 4.78 is 0. The van der Waals surface area contributed by atoms with Gasteiger partial charge in [0.15, 0.2) is 0 Å². The van der Waals surface area contributed by atoms with Crippen LogP contribution in [0.1, 0.15) is 40.8 Å². The fourth-order valence-electron chi connectivity index (χ4n) is 3.85. The van der Waals surface area contributed by atoms with Gasteiger partial charge in [0.05, 0.1) is 5.92 Å². The van der Waals surface area contributed by atoms with Crippen molar-refractivity contribution in [2.24, 2.45) is 5.92 Å². The molecule has 26 heavy (non-hydrogen) atoms. The molecule has 0 aromatic carbocycles. The van der Waals surface area contributed by atoms with Crippen LogP contribution in [0.2, 0.25) is 0 Å². The van der Waals surface area contributed by atoms with Gasteiger partial charge in [0.1, 0.15) is 0 Å². The Morgan fingerprint density at radius 3 is 3.08 bits per heavy atom. The molecule has 1 unspecified atom stereocenters. The van der Waals surface area contributed by atoms with Gasteiger partial charge in [-0.25, -0.2) is 0 Å². The third kappa shape index (κ3) is 3.65. The number of fused-ring (bicyclic) bond motifs is 1. The molecule has 3 heterocycles. The molecule has 4 rings (SSSR count). The van der Waals surface area contributed by atoms with E-state index in [9.17, 15) is 9.59 Å². The van der Waals surface area contributed by atoms with Crippen LogP contribution in [-0.2, 0) is 35.5 Å². The molecule has 1 N–H and O–H groups in total. The van der Waals surface area contributed by atoms with Crippen LogP contribution >= 0.6 is 11.3 Å². The van der Waals surface area contributed by atoms with Crippen LogP contribution in [0.15, 0.2) is 29.9 Å². The summed E-state index contributed by atoms with van der Waals surface area (Å²) in [7, 11) is 0. The molecule has 1 aliphatic carbocycles. The molecule has 0 radical (unpaired) electrons. The number of nitrogens with zero attached hydrogens (tertiary/aromatic N) is 2. The molecule has 1 saturated heterocycles. The molecule has 1 aliphatic heterocycles. The van der Waals surface area contributed by atoms with E-state index in [0.29, 0.717) is 26.1 Å². The highest BCUT2D eigenvalue weighted by Crippen LogP contribution is 2.30. The molecule has 1 fully saturated rings. The molecular weight excluding hydrogens is 346 g/mol. The third-order valence-corrected chi connectivity index (χ3v) is 6.42. The van der Waals surface area contributed by atoms with Crippen molar-refractivity contribution in [3.8, 4) is 0 Å². The van der Waals surface area contributed by atoms with Gasteiger partial charge in [-0.3, -0.25) is 14.6 Å². The zero-order valence-corrected chi connectivity index (χ0v) is 15.6. The van der Waals surface area contributed by atoms with Crippen molar-refractivity contribution in [3.05, 3.63) is 51.5 Å². The first-order valence-corrected chi connectivity index (χ1v) is 10.1. The van der Waals surface area contributed by atoms with Crippen molar-refractivity contribution in [3.63, 3.8) is 0 Å². The second-order valence-electron chi connectivity index (χ2n) is 7.12. The molecule has 0 bridgehead atoms. The van der Waals surface area contributed by atoms with Crippen LogP contribution in [0.3, 0.4) is 0 Å². The third-order valence-electron chi connectivity index (χ3n) is 5.28. The molecule has 2 aromatic rings. The maximum absolute atomic E-state index is 12.6. The molecule has 1 atom stereocenters. The van der Waals surface area contributed by atoms with Crippen molar-refractivity contribution in [1.29, 1.82) is 0 Å². The zero-order chi connectivity index (χ0) is 17.9. The van der Waals surface area contributed by atoms with E-state index in [0.717, 1.165) is 12.0 Å². The van der Waals surface area contributed by atoms with Crippen LogP contribution in [0, 0.1) is 5.92 Å². The first-order chi connectivity index (χ1) is 12.7. The molecule has 6 heteroatoms. The summed E-state index contributed by atoms with van der Waals surface area (Å²) in [6.45, 7) is 1.59. The number of rotatable bonds is 5. The van der Waals surface area contributed by atoms with Crippen LogP contribution in [0.5, 0.6) is 0 Å². The predicted octanol–water partition coefficient (Wildman–Crippen LogP) is 2.69. The van der Waals surface area contributed by atoms with Crippen LogP contribution in [0.25, 0.3) is 0 Å². The number of amides is 2. The number of carbonyl (C=O) groups excluding carboxylic acids is 2. The van der Waals surface area contributed by atoms with E-state index in [1.807, 2.05) is 23.5 Å². The minimum Gasteiger partial charge on any atom is -0.352 e. The minimum absolute atomic E-state index is 0.0113. The fraction of sp³-hybridized carbons (Fsp3) is 0.450. The lowest BCUT2D eigenvalue weighted by Gasteiger charge is -2.17. The monoisotopic (exact) mass is 369 g/mol. The highest BCUT2D eigenvalue weighted by molar-refractivity contribution is 7.10. The maximum atomic E-state index is 12.6. The van der Waals surface area contributed by atoms with E-state index in [2.05, 4.69) is 15.7 Å². The van der Waals surface area contributed by atoms with Gasteiger partial charge in [-0.15, -0.1) is 11.3 Å². The fourth-order valence-corrected chi connectivity index (χ4v) is 5.00. The lowest BCUT2D eigenvalue weighted by atomic mass is 9.96. The Kier molecular flexibility index (Phi) is 5.02. The first kappa shape index (κ1) is 17.2. The summed E-state index contributed by atoms with van der Waals surface area (Å²) in [6.07, 6.45) is 8.60. The Labute approximate surface area is 157 Å². The van der Waals surface area contributed by atoms with Crippen molar-refractivity contribution in [1.82, 2.24) is 15.2 Å². The van der Waals surface area contributed by atoms with E-state index in [-0.39, 0.29) is 17.7 Å². The number of hydrogen-bond acceptors (Lipinski definition) is 4. The summed E-state index contributed by atoms with van der Waals surface area (Å²) >= 11 is 1.82. The molecule has 5 nitrogen and oxygen atoms in total. The average Bonchev–Trinajstić information content (AvgIpc) is 3.24. The van der Waals surface area contributed by atoms with Crippen molar-refractivity contribution in [2.45, 2.75) is 45.2 Å². The van der Waals surface area contributed by atoms with Gasteiger partial charge in [0.2, 0.25) is 11.8 Å². The molecule has 2 amide bonds. The van der Waals surface area contributed by atoms with E-state index in [1.165, 1.54) is 35.3 Å². The van der Waals surface area contributed by atoms with Gasteiger partial charge in [0, 0.05) is 43.3 Å². The van der Waals surface area contributed by atoms with Crippen LogP contribution < -0.4 is 5.32 Å². The predicted molar refractivity (Wildman–Crippen MR) is 101 cm³/mol. The number of likely N-dealkylation sites (tertiary alicyclic amines) is 1. The second kappa shape index (κ2) is 7.58. The quantitative estimate of drug-likeness (QED) is 0.881. The summed E-state index contributed by atoms with van der Waals surface area (Å²) in [5.41, 5.74) is 3.70. The molecule has 0 saturated carbocycles. The van der Waals surface area contributed by atoms with Crippen molar-refractivity contribution in [2.75, 3.05) is 6.54 Å². The van der Waals surface area contributed by atoms with E-state index < -0.39 is 0 Å².